The molecule has 4 aromatic rings. The van der Waals surface area contributed by atoms with Crippen molar-refractivity contribution >= 4 is 34.4 Å². The van der Waals surface area contributed by atoms with Crippen LogP contribution in [-0.2, 0) is 0 Å². The van der Waals surface area contributed by atoms with E-state index in [2.05, 4.69) is 11.0 Å². The normalized spacial score (nSPS) is 10.7. The van der Waals surface area contributed by atoms with Crippen molar-refractivity contribution in [1.29, 1.82) is 0 Å². The number of hydrogen-bond donors (Lipinski definition) is 1. The number of hydrogen-bond acceptors (Lipinski definition) is 3. The number of benzene rings is 3. The van der Waals surface area contributed by atoms with Gasteiger partial charge in [-0.1, -0.05) is 41.8 Å². The standard InChI is InChI=1S/C24H15ClN2O3/c1-3-15-7-12-18-20(13-15)27(23(28)21-14(2)5-4-6-19(21)25)26-22(18)16-8-10-17(11-9-16)24(29)30/h1,4-13H,2H3,(H,29,30). The number of aryl methyl sites for hydroxylation is 1. The minimum Gasteiger partial charge on any atom is -0.478 e. The minimum atomic E-state index is -1.01. The van der Waals surface area contributed by atoms with E-state index in [0.717, 1.165) is 10.9 Å². The van der Waals surface area contributed by atoms with Crippen molar-refractivity contribution in [1.82, 2.24) is 9.78 Å². The second kappa shape index (κ2) is 7.51. The summed E-state index contributed by atoms with van der Waals surface area (Å²) in [5.41, 5.74) is 3.65. The molecule has 0 spiro atoms. The number of aromatic carboxylic acids is 1. The Morgan fingerprint density at radius 1 is 1.10 bits per heavy atom. The average Bonchev–Trinajstić information content (AvgIpc) is 3.12. The highest BCUT2D eigenvalue weighted by atomic mass is 35.5. The third-order valence-corrected chi connectivity index (χ3v) is 5.20. The van der Waals surface area contributed by atoms with Crippen molar-refractivity contribution in [2.24, 2.45) is 0 Å². The number of carboxylic acid groups (broad SMARTS) is 1. The first kappa shape index (κ1) is 19.4. The zero-order valence-corrected chi connectivity index (χ0v) is 16.6. The highest BCUT2D eigenvalue weighted by Crippen LogP contribution is 2.31. The molecule has 0 aliphatic carbocycles. The lowest BCUT2D eigenvalue weighted by Crippen LogP contribution is -2.15. The maximum Gasteiger partial charge on any atom is 0.335 e. The average molecular weight is 415 g/mol. The summed E-state index contributed by atoms with van der Waals surface area (Å²) in [7, 11) is 0. The van der Waals surface area contributed by atoms with E-state index in [1.807, 2.05) is 13.0 Å². The Morgan fingerprint density at radius 2 is 1.83 bits per heavy atom. The molecule has 0 amide bonds. The first-order valence-corrected chi connectivity index (χ1v) is 9.41. The van der Waals surface area contributed by atoms with Crippen molar-refractivity contribution in [3.8, 4) is 23.6 Å². The molecule has 30 heavy (non-hydrogen) atoms. The van der Waals surface area contributed by atoms with Crippen molar-refractivity contribution in [2.75, 3.05) is 0 Å². The van der Waals surface area contributed by atoms with E-state index in [-0.39, 0.29) is 11.5 Å². The van der Waals surface area contributed by atoms with E-state index in [4.69, 9.17) is 23.1 Å². The quantitative estimate of drug-likeness (QED) is 0.477. The Labute approximate surface area is 177 Å². The molecular weight excluding hydrogens is 400 g/mol. The first-order valence-electron chi connectivity index (χ1n) is 9.03. The number of fused-ring (bicyclic) bond motifs is 1. The number of rotatable bonds is 3. The van der Waals surface area contributed by atoms with E-state index < -0.39 is 5.97 Å². The van der Waals surface area contributed by atoms with Gasteiger partial charge in [0.2, 0.25) is 0 Å². The van der Waals surface area contributed by atoms with Gasteiger partial charge in [0, 0.05) is 16.5 Å². The van der Waals surface area contributed by atoms with Gasteiger partial charge in [0.15, 0.2) is 0 Å². The maximum absolute atomic E-state index is 13.4. The van der Waals surface area contributed by atoms with Gasteiger partial charge in [0.25, 0.3) is 5.91 Å². The predicted molar refractivity (Wildman–Crippen MR) is 116 cm³/mol. The van der Waals surface area contributed by atoms with Crippen LogP contribution >= 0.6 is 11.6 Å². The lowest BCUT2D eigenvalue weighted by Gasteiger charge is -2.08. The molecule has 146 valence electrons. The highest BCUT2D eigenvalue weighted by molar-refractivity contribution is 6.34. The number of terminal acetylenes is 1. The minimum absolute atomic E-state index is 0.167. The van der Waals surface area contributed by atoms with E-state index in [1.165, 1.54) is 16.8 Å². The Morgan fingerprint density at radius 3 is 2.47 bits per heavy atom. The van der Waals surface area contributed by atoms with Crippen molar-refractivity contribution in [3.63, 3.8) is 0 Å². The highest BCUT2D eigenvalue weighted by Gasteiger charge is 2.22. The first-order chi connectivity index (χ1) is 14.4. The summed E-state index contributed by atoms with van der Waals surface area (Å²) in [6, 6.07) is 16.9. The Kier molecular flexibility index (Phi) is 4.86. The van der Waals surface area contributed by atoms with Crippen molar-refractivity contribution in [3.05, 3.63) is 87.9 Å². The molecule has 0 unspecified atom stereocenters. The molecule has 1 N–H and O–H groups in total. The number of aromatic nitrogens is 2. The Hall–Kier alpha value is -3.88. The third kappa shape index (κ3) is 3.24. The molecular formula is C24H15ClN2O3. The zero-order chi connectivity index (χ0) is 21.4. The van der Waals surface area contributed by atoms with Crippen LogP contribution in [0.4, 0.5) is 0 Å². The van der Waals surface area contributed by atoms with Crippen molar-refractivity contribution in [2.45, 2.75) is 6.92 Å². The third-order valence-electron chi connectivity index (χ3n) is 4.88. The molecule has 0 saturated carbocycles. The van der Waals surface area contributed by atoms with Crippen LogP contribution in [0.5, 0.6) is 0 Å². The summed E-state index contributed by atoms with van der Waals surface area (Å²) in [6.45, 7) is 1.81. The summed E-state index contributed by atoms with van der Waals surface area (Å²) < 4.78 is 1.30. The van der Waals surface area contributed by atoms with Crippen LogP contribution in [0.25, 0.3) is 22.2 Å². The van der Waals surface area contributed by atoms with E-state index >= 15 is 0 Å². The number of nitrogens with zero attached hydrogens (tertiary/aromatic N) is 2. The SMILES string of the molecule is C#Cc1ccc2c(-c3ccc(C(=O)O)cc3)nn(C(=O)c3c(C)cccc3Cl)c2c1. The van der Waals surface area contributed by atoms with Gasteiger partial charge in [-0.3, -0.25) is 4.79 Å². The van der Waals surface area contributed by atoms with Gasteiger partial charge < -0.3 is 5.11 Å². The molecule has 5 nitrogen and oxygen atoms in total. The van der Waals surface area contributed by atoms with Gasteiger partial charge in [-0.2, -0.15) is 9.78 Å². The van der Waals surface area contributed by atoms with Gasteiger partial charge >= 0.3 is 5.97 Å². The number of carbonyl (C=O) groups is 2. The van der Waals surface area contributed by atoms with E-state index in [0.29, 0.717) is 32.9 Å². The zero-order valence-electron chi connectivity index (χ0n) is 15.9. The summed E-state index contributed by atoms with van der Waals surface area (Å²) in [5.74, 6) is 1.19. The lowest BCUT2D eigenvalue weighted by atomic mass is 10.0. The number of carboxylic acids is 1. The van der Waals surface area contributed by atoms with Crippen LogP contribution in [0, 0.1) is 19.3 Å². The largest absolute Gasteiger partial charge is 0.478 e. The molecule has 0 fully saturated rings. The van der Waals surface area contributed by atoms with E-state index in [1.54, 1.807) is 42.5 Å². The molecule has 0 aliphatic rings. The molecule has 1 heterocycles. The topological polar surface area (TPSA) is 72.2 Å². The molecule has 0 aliphatic heterocycles. The van der Waals surface area contributed by atoms with Crippen LogP contribution in [0.15, 0.2) is 60.7 Å². The summed E-state index contributed by atoms with van der Waals surface area (Å²) in [6.07, 6.45) is 5.55. The fourth-order valence-corrected chi connectivity index (χ4v) is 3.65. The molecule has 0 saturated heterocycles. The van der Waals surface area contributed by atoms with Crippen LogP contribution in [-0.4, -0.2) is 26.8 Å². The van der Waals surface area contributed by atoms with Gasteiger partial charge in [-0.15, -0.1) is 6.42 Å². The Balaban J connectivity index is 1.95. The van der Waals surface area contributed by atoms with Crippen molar-refractivity contribution < 1.29 is 14.7 Å². The molecule has 1 aromatic heterocycles. The fourth-order valence-electron chi connectivity index (χ4n) is 3.35. The maximum atomic E-state index is 13.4. The van der Waals surface area contributed by atoms with Gasteiger partial charge in [-0.25, -0.2) is 4.79 Å². The van der Waals surface area contributed by atoms with Crippen LogP contribution < -0.4 is 0 Å². The van der Waals surface area contributed by atoms with Gasteiger partial charge in [-0.05, 0) is 48.9 Å². The number of halogens is 1. The van der Waals surface area contributed by atoms with Crippen LogP contribution in [0.3, 0.4) is 0 Å². The van der Waals surface area contributed by atoms with E-state index in [9.17, 15) is 9.59 Å². The predicted octanol–water partition coefficient (Wildman–Crippen LogP) is 5.03. The molecule has 0 radical (unpaired) electrons. The summed E-state index contributed by atoms with van der Waals surface area (Å²) >= 11 is 6.30. The summed E-state index contributed by atoms with van der Waals surface area (Å²) in [5, 5.41) is 14.8. The number of carbonyl (C=O) groups excluding carboxylic acids is 1. The van der Waals surface area contributed by atoms with Crippen LogP contribution in [0.2, 0.25) is 5.02 Å². The second-order valence-corrected chi connectivity index (χ2v) is 7.16. The molecule has 0 bridgehead atoms. The van der Waals surface area contributed by atoms with Crippen LogP contribution in [0.1, 0.15) is 31.8 Å². The molecule has 3 aromatic carbocycles. The van der Waals surface area contributed by atoms with Gasteiger partial charge in [0.1, 0.15) is 5.69 Å². The van der Waals surface area contributed by atoms with Gasteiger partial charge in [0.05, 0.1) is 21.7 Å². The smallest absolute Gasteiger partial charge is 0.335 e. The molecule has 4 rings (SSSR count). The fraction of sp³-hybridized carbons (Fsp3) is 0.0417. The monoisotopic (exact) mass is 414 g/mol. The summed E-state index contributed by atoms with van der Waals surface area (Å²) in [4.78, 5) is 24.5. The second-order valence-electron chi connectivity index (χ2n) is 6.76. The lowest BCUT2D eigenvalue weighted by molar-refractivity contribution is 0.0696. The molecule has 6 heteroatoms. The Bertz CT molecular complexity index is 1340. The molecule has 0 atom stereocenters.